The molecule has 0 aliphatic carbocycles. The third kappa shape index (κ3) is 5.15. The van der Waals surface area contributed by atoms with E-state index in [4.69, 9.17) is 10.5 Å². The average molecular weight is 402 g/mol. The number of benzene rings is 1. The SMILES string of the molecule is CC(C)(C)OC(=O)CC[C@@H](C(N)=O)N1Cc2ccc(C3CCNCC3)cc2C1=O. The van der Waals surface area contributed by atoms with Crippen molar-refractivity contribution < 1.29 is 19.1 Å². The molecule has 1 fully saturated rings. The molecule has 0 spiro atoms. The summed E-state index contributed by atoms with van der Waals surface area (Å²) in [6.45, 7) is 7.67. The van der Waals surface area contributed by atoms with Crippen LogP contribution in [0.4, 0.5) is 0 Å². The third-order valence-corrected chi connectivity index (χ3v) is 5.52. The lowest BCUT2D eigenvalue weighted by Crippen LogP contribution is -2.45. The Morgan fingerprint density at radius 3 is 2.59 bits per heavy atom. The Labute approximate surface area is 172 Å². The first-order chi connectivity index (χ1) is 13.7. The molecule has 0 aromatic heterocycles. The van der Waals surface area contributed by atoms with E-state index < -0.39 is 23.5 Å². The molecule has 1 atom stereocenters. The van der Waals surface area contributed by atoms with Crippen LogP contribution < -0.4 is 11.1 Å². The minimum absolute atomic E-state index is 0.0331. The van der Waals surface area contributed by atoms with Crippen molar-refractivity contribution in [2.75, 3.05) is 13.1 Å². The quantitative estimate of drug-likeness (QED) is 0.711. The van der Waals surface area contributed by atoms with E-state index in [0.717, 1.165) is 31.5 Å². The molecule has 1 saturated heterocycles. The summed E-state index contributed by atoms with van der Waals surface area (Å²) < 4.78 is 5.30. The molecule has 3 N–H and O–H groups in total. The second-order valence-electron chi connectivity index (χ2n) is 8.92. The minimum Gasteiger partial charge on any atom is -0.460 e. The molecule has 2 aliphatic heterocycles. The maximum atomic E-state index is 13.0. The lowest BCUT2D eigenvalue weighted by atomic mass is 9.88. The van der Waals surface area contributed by atoms with Crippen molar-refractivity contribution in [1.82, 2.24) is 10.2 Å². The molecule has 1 aromatic rings. The minimum atomic E-state index is -0.829. The van der Waals surface area contributed by atoms with Gasteiger partial charge in [-0.2, -0.15) is 0 Å². The van der Waals surface area contributed by atoms with E-state index in [2.05, 4.69) is 11.4 Å². The van der Waals surface area contributed by atoms with Gasteiger partial charge in [0.2, 0.25) is 5.91 Å². The van der Waals surface area contributed by atoms with Crippen molar-refractivity contribution in [1.29, 1.82) is 0 Å². The normalized spacial score (nSPS) is 18.4. The van der Waals surface area contributed by atoms with Crippen LogP contribution in [-0.2, 0) is 20.9 Å². The molecule has 2 amide bonds. The molecule has 7 nitrogen and oxygen atoms in total. The van der Waals surface area contributed by atoms with Crippen molar-refractivity contribution in [3.05, 3.63) is 34.9 Å². The average Bonchev–Trinajstić information content (AvgIpc) is 2.97. The van der Waals surface area contributed by atoms with E-state index in [9.17, 15) is 14.4 Å². The fourth-order valence-corrected chi connectivity index (χ4v) is 4.10. The van der Waals surface area contributed by atoms with Gasteiger partial charge in [0.25, 0.3) is 5.91 Å². The fourth-order valence-electron chi connectivity index (χ4n) is 4.10. The van der Waals surface area contributed by atoms with Crippen LogP contribution in [0, 0.1) is 0 Å². The number of nitrogens with zero attached hydrogens (tertiary/aromatic N) is 1. The Kier molecular flexibility index (Phi) is 6.27. The number of fused-ring (bicyclic) bond motifs is 1. The fraction of sp³-hybridized carbons (Fsp3) is 0.591. The van der Waals surface area contributed by atoms with Crippen molar-refractivity contribution in [3.63, 3.8) is 0 Å². The number of carbonyl (C=O) groups excluding carboxylic acids is 3. The standard InChI is InChI=1S/C22H31N3O4/c1-22(2,3)29-19(26)7-6-18(20(23)27)25-13-16-5-4-15(12-17(16)21(25)28)14-8-10-24-11-9-14/h4-5,12,14,18,24H,6-11,13H2,1-3H3,(H2,23,27)/t18-/m0/s1. The van der Waals surface area contributed by atoms with Crippen LogP contribution in [0.3, 0.4) is 0 Å². The number of esters is 1. The number of hydrogen-bond donors (Lipinski definition) is 2. The van der Waals surface area contributed by atoms with Crippen LogP contribution in [0.1, 0.15) is 73.9 Å². The van der Waals surface area contributed by atoms with E-state index in [1.165, 1.54) is 10.5 Å². The smallest absolute Gasteiger partial charge is 0.306 e. The highest BCUT2D eigenvalue weighted by molar-refractivity contribution is 6.01. The van der Waals surface area contributed by atoms with Gasteiger partial charge in [-0.25, -0.2) is 0 Å². The molecule has 7 heteroatoms. The van der Waals surface area contributed by atoms with Gasteiger partial charge in [-0.1, -0.05) is 12.1 Å². The maximum absolute atomic E-state index is 13.0. The molecule has 29 heavy (non-hydrogen) atoms. The number of amides is 2. The first kappa shape index (κ1) is 21.3. The summed E-state index contributed by atoms with van der Waals surface area (Å²) in [6.07, 6.45) is 2.30. The number of hydrogen-bond acceptors (Lipinski definition) is 5. The summed E-state index contributed by atoms with van der Waals surface area (Å²) in [5.74, 6) is -0.749. The number of primary amides is 1. The highest BCUT2D eigenvalue weighted by Gasteiger charge is 2.36. The van der Waals surface area contributed by atoms with Gasteiger partial charge in [0.1, 0.15) is 11.6 Å². The van der Waals surface area contributed by atoms with Crippen molar-refractivity contribution in [2.45, 2.75) is 70.6 Å². The molecule has 2 aliphatic rings. The molecule has 0 unspecified atom stereocenters. The van der Waals surface area contributed by atoms with E-state index in [1.54, 1.807) is 20.8 Å². The zero-order valence-electron chi connectivity index (χ0n) is 17.5. The van der Waals surface area contributed by atoms with Gasteiger partial charge < -0.3 is 20.7 Å². The van der Waals surface area contributed by atoms with E-state index in [0.29, 0.717) is 18.0 Å². The number of ether oxygens (including phenoxy) is 1. The predicted octanol–water partition coefficient (Wildman–Crippen LogP) is 2.09. The van der Waals surface area contributed by atoms with E-state index >= 15 is 0 Å². The van der Waals surface area contributed by atoms with Crippen LogP contribution in [0.25, 0.3) is 0 Å². The molecule has 0 radical (unpaired) electrons. The van der Waals surface area contributed by atoms with Crippen LogP contribution >= 0.6 is 0 Å². The zero-order chi connectivity index (χ0) is 21.2. The highest BCUT2D eigenvalue weighted by atomic mass is 16.6. The van der Waals surface area contributed by atoms with Gasteiger partial charge in [0.15, 0.2) is 0 Å². The van der Waals surface area contributed by atoms with Crippen LogP contribution in [0.15, 0.2) is 18.2 Å². The highest BCUT2D eigenvalue weighted by Crippen LogP contribution is 2.32. The Morgan fingerprint density at radius 1 is 1.28 bits per heavy atom. The first-order valence-corrected chi connectivity index (χ1v) is 10.3. The lowest BCUT2D eigenvalue weighted by Gasteiger charge is -2.26. The van der Waals surface area contributed by atoms with Gasteiger partial charge in [-0.15, -0.1) is 0 Å². The first-order valence-electron chi connectivity index (χ1n) is 10.3. The van der Waals surface area contributed by atoms with Gasteiger partial charge >= 0.3 is 5.97 Å². The number of carbonyl (C=O) groups is 3. The molecule has 2 heterocycles. The van der Waals surface area contributed by atoms with Gasteiger partial charge in [0, 0.05) is 18.5 Å². The Morgan fingerprint density at radius 2 is 1.97 bits per heavy atom. The van der Waals surface area contributed by atoms with Gasteiger partial charge in [-0.3, -0.25) is 14.4 Å². The summed E-state index contributed by atoms with van der Waals surface area (Å²) in [4.78, 5) is 38.6. The Hall–Kier alpha value is -2.41. The summed E-state index contributed by atoms with van der Waals surface area (Å²) in [5.41, 5.74) is 7.70. The second-order valence-corrected chi connectivity index (χ2v) is 8.92. The maximum Gasteiger partial charge on any atom is 0.306 e. The summed E-state index contributed by atoms with van der Waals surface area (Å²) in [7, 11) is 0. The largest absolute Gasteiger partial charge is 0.460 e. The van der Waals surface area contributed by atoms with Crippen LogP contribution in [0.2, 0.25) is 0 Å². The Balaban J connectivity index is 1.70. The van der Waals surface area contributed by atoms with E-state index in [1.807, 2.05) is 12.1 Å². The molecule has 3 rings (SSSR count). The lowest BCUT2D eigenvalue weighted by molar-refractivity contribution is -0.155. The number of piperidine rings is 1. The molecule has 1 aromatic carbocycles. The number of rotatable bonds is 6. The van der Waals surface area contributed by atoms with Crippen molar-refractivity contribution in [2.24, 2.45) is 5.73 Å². The topological polar surface area (TPSA) is 102 Å². The second kappa shape index (κ2) is 8.53. The summed E-state index contributed by atoms with van der Waals surface area (Å²) in [5, 5.41) is 3.35. The zero-order valence-corrected chi connectivity index (χ0v) is 17.5. The van der Waals surface area contributed by atoms with Gasteiger partial charge in [-0.05, 0) is 76.2 Å². The van der Waals surface area contributed by atoms with Crippen LogP contribution in [-0.4, -0.2) is 47.4 Å². The number of nitrogens with one attached hydrogen (secondary N) is 1. The monoisotopic (exact) mass is 401 g/mol. The van der Waals surface area contributed by atoms with E-state index in [-0.39, 0.29) is 18.7 Å². The predicted molar refractivity (Wildman–Crippen MR) is 109 cm³/mol. The molecule has 0 saturated carbocycles. The van der Waals surface area contributed by atoms with Crippen molar-refractivity contribution in [3.8, 4) is 0 Å². The number of nitrogens with two attached hydrogens (primary N) is 1. The molecular weight excluding hydrogens is 370 g/mol. The summed E-state index contributed by atoms with van der Waals surface area (Å²) >= 11 is 0. The van der Waals surface area contributed by atoms with Gasteiger partial charge in [0.05, 0.1) is 0 Å². The van der Waals surface area contributed by atoms with Crippen molar-refractivity contribution >= 4 is 17.8 Å². The molecular formula is C22H31N3O4. The van der Waals surface area contributed by atoms with Crippen LogP contribution in [0.5, 0.6) is 0 Å². The molecule has 158 valence electrons. The summed E-state index contributed by atoms with van der Waals surface area (Å²) in [6, 6.07) is 5.21. The molecule has 0 bridgehead atoms. The Bertz CT molecular complexity index is 794. The third-order valence-electron chi connectivity index (χ3n) is 5.52.